The second-order valence-corrected chi connectivity index (χ2v) is 8.50. The molecule has 1 fully saturated rings. The summed E-state index contributed by atoms with van der Waals surface area (Å²) >= 11 is 1.63. The lowest BCUT2D eigenvalue weighted by Crippen LogP contribution is -2.28. The third-order valence-electron chi connectivity index (χ3n) is 5.41. The highest BCUT2D eigenvalue weighted by atomic mass is 32.1. The van der Waals surface area contributed by atoms with E-state index in [0.29, 0.717) is 12.0 Å². The van der Waals surface area contributed by atoms with Gasteiger partial charge >= 0.3 is 0 Å². The van der Waals surface area contributed by atoms with Gasteiger partial charge in [-0.25, -0.2) is 9.67 Å². The van der Waals surface area contributed by atoms with Crippen molar-refractivity contribution in [3.63, 3.8) is 0 Å². The number of nitrogens with one attached hydrogen (secondary N) is 2. The fraction of sp³-hybridized carbons (Fsp3) is 0.333. The van der Waals surface area contributed by atoms with Crippen LogP contribution < -0.4 is 10.6 Å². The van der Waals surface area contributed by atoms with E-state index in [4.69, 9.17) is 4.98 Å². The van der Waals surface area contributed by atoms with Crippen molar-refractivity contribution in [3.05, 3.63) is 47.9 Å². The third-order valence-corrected chi connectivity index (χ3v) is 6.32. The number of anilines is 3. The number of aryl methyl sites for hydroxylation is 1. The van der Waals surface area contributed by atoms with E-state index >= 15 is 0 Å². The molecule has 1 saturated carbocycles. The average Bonchev–Trinajstić information content (AvgIpc) is 3.40. The molecule has 1 aliphatic carbocycles. The number of pyridine rings is 1. The Morgan fingerprint density at radius 1 is 1.17 bits per heavy atom. The highest BCUT2D eigenvalue weighted by Crippen LogP contribution is 2.31. The Balaban J connectivity index is 1.39. The summed E-state index contributed by atoms with van der Waals surface area (Å²) in [7, 11) is 0. The second kappa shape index (κ2) is 8.00. The molecule has 5 rings (SSSR count). The van der Waals surface area contributed by atoms with Crippen LogP contribution in [0.25, 0.3) is 15.9 Å². The first-order valence-corrected chi connectivity index (χ1v) is 11.0. The van der Waals surface area contributed by atoms with Gasteiger partial charge in [-0.3, -0.25) is 4.98 Å². The highest BCUT2D eigenvalue weighted by Gasteiger charge is 2.21. The van der Waals surface area contributed by atoms with Gasteiger partial charge < -0.3 is 15.7 Å². The molecule has 8 nitrogen and oxygen atoms in total. The van der Waals surface area contributed by atoms with Gasteiger partial charge in [-0.1, -0.05) is 0 Å². The maximum absolute atomic E-state index is 9.77. The van der Waals surface area contributed by atoms with E-state index in [9.17, 15) is 5.11 Å². The first-order valence-electron chi connectivity index (χ1n) is 10.1. The zero-order valence-corrected chi connectivity index (χ0v) is 17.4. The minimum Gasteiger partial charge on any atom is -0.393 e. The molecule has 154 valence electrons. The molecular formula is C21H23N7OS. The first kappa shape index (κ1) is 19.0. The summed E-state index contributed by atoms with van der Waals surface area (Å²) in [5, 5.41) is 23.1. The van der Waals surface area contributed by atoms with Crippen molar-refractivity contribution in [2.45, 2.75) is 44.8 Å². The minimum atomic E-state index is -0.174. The van der Waals surface area contributed by atoms with Crippen LogP contribution in [0, 0.1) is 6.92 Å². The molecule has 3 N–H and O–H groups in total. The van der Waals surface area contributed by atoms with Gasteiger partial charge in [0, 0.05) is 12.2 Å². The molecule has 4 heterocycles. The Morgan fingerprint density at radius 2 is 2.03 bits per heavy atom. The largest absolute Gasteiger partial charge is 0.393 e. The van der Waals surface area contributed by atoms with Gasteiger partial charge in [0.25, 0.3) is 0 Å². The molecule has 0 spiro atoms. The van der Waals surface area contributed by atoms with E-state index in [0.717, 1.165) is 58.8 Å². The van der Waals surface area contributed by atoms with Crippen molar-refractivity contribution in [2.75, 3.05) is 10.6 Å². The van der Waals surface area contributed by atoms with E-state index in [1.54, 1.807) is 28.4 Å². The Morgan fingerprint density at radius 3 is 2.87 bits per heavy atom. The van der Waals surface area contributed by atoms with E-state index < -0.39 is 0 Å². The number of rotatable bonds is 5. The predicted octanol–water partition coefficient (Wildman–Crippen LogP) is 4.04. The molecule has 4 aromatic heterocycles. The SMILES string of the molecule is Cc1ncccc1-n1cc(Nc2nc(NC3CCC(O)CC3)c3sccc3n2)cn1. The van der Waals surface area contributed by atoms with Crippen molar-refractivity contribution in [3.8, 4) is 5.69 Å². The maximum Gasteiger partial charge on any atom is 0.229 e. The molecule has 0 bridgehead atoms. The molecule has 0 unspecified atom stereocenters. The van der Waals surface area contributed by atoms with Crippen LogP contribution in [0.3, 0.4) is 0 Å². The number of thiophene rings is 1. The number of fused-ring (bicyclic) bond motifs is 1. The number of hydrogen-bond donors (Lipinski definition) is 3. The van der Waals surface area contributed by atoms with Crippen LogP contribution in [0.2, 0.25) is 0 Å². The molecule has 1 aliphatic rings. The van der Waals surface area contributed by atoms with E-state index in [1.165, 1.54) is 0 Å². The van der Waals surface area contributed by atoms with Crippen LogP contribution in [0.15, 0.2) is 42.2 Å². The molecule has 30 heavy (non-hydrogen) atoms. The lowest BCUT2D eigenvalue weighted by molar-refractivity contribution is 0.126. The van der Waals surface area contributed by atoms with Gasteiger partial charge in [-0.15, -0.1) is 11.3 Å². The summed E-state index contributed by atoms with van der Waals surface area (Å²) < 4.78 is 2.84. The zero-order chi connectivity index (χ0) is 20.5. The van der Waals surface area contributed by atoms with Crippen LogP contribution in [0.5, 0.6) is 0 Å². The molecule has 9 heteroatoms. The van der Waals surface area contributed by atoms with Gasteiger partial charge in [-0.2, -0.15) is 10.1 Å². The van der Waals surface area contributed by atoms with Gasteiger partial charge in [0.15, 0.2) is 0 Å². The normalized spacial score (nSPS) is 19.1. The van der Waals surface area contributed by atoms with Crippen LogP contribution >= 0.6 is 11.3 Å². The molecule has 0 radical (unpaired) electrons. The molecule has 4 aromatic rings. The van der Waals surface area contributed by atoms with Crippen LogP contribution in [0.4, 0.5) is 17.5 Å². The number of aromatic nitrogens is 5. The second-order valence-electron chi connectivity index (χ2n) is 7.59. The molecule has 0 aromatic carbocycles. The zero-order valence-electron chi connectivity index (χ0n) is 16.6. The summed E-state index contributed by atoms with van der Waals surface area (Å²) in [6, 6.07) is 6.20. The Bertz CT molecular complexity index is 1160. The Hall–Kier alpha value is -3.04. The number of nitrogens with zero attached hydrogens (tertiary/aromatic N) is 5. The van der Waals surface area contributed by atoms with Crippen LogP contribution in [-0.4, -0.2) is 42.0 Å². The van der Waals surface area contributed by atoms with E-state index in [2.05, 4.69) is 25.7 Å². The summed E-state index contributed by atoms with van der Waals surface area (Å²) in [6.45, 7) is 1.96. The number of hydrogen-bond acceptors (Lipinski definition) is 8. The highest BCUT2D eigenvalue weighted by molar-refractivity contribution is 7.17. The fourth-order valence-corrected chi connectivity index (χ4v) is 4.58. The van der Waals surface area contributed by atoms with Crippen molar-refractivity contribution in [2.24, 2.45) is 0 Å². The summed E-state index contributed by atoms with van der Waals surface area (Å²) in [4.78, 5) is 13.7. The topological polar surface area (TPSA) is 101 Å². The predicted molar refractivity (Wildman–Crippen MR) is 119 cm³/mol. The lowest BCUT2D eigenvalue weighted by Gasteiger charge is -2.26. The molecule has 0 atom stereocenters. The number of aliphatic hydroxyl groups excluding tert-OH is 1. The average molecular weight is 422 g/mol. The van der Waals surface area contributed by atoms with Crippen molar-refractivity contribution in [1.82, 2.24) is 24.7 Å². The van der Waals surface area contributed by atoms with Crippen molar-refractivity contribution in [1.29, 1.82) is 0 Å². The smallest absolute Gasteiger partial charge is 0.229 e. The Labute approximate surface area is 178 Å². The number of aliphatic hydroxyl groups is 1. The van der Waals surface area contributed by atoms with E-state index in [-0.39, 0.29) is 6.10 Å². The van der Waals surface area contributed by atoms with Gasteiger partial charge in [0.05, 0.1) is 45.8 Å². The maximum atomic E-state index is 9.77. The van der Waals surface area contributed by atoms with Crippen molar-refractivity contribution >= 4 is 39.0 Å². The standard InChI is InChI=1S/C21H23N7OS/c1-13-18(3-2-9-22-13)28-12-15(11-23-28)25-21-26-17-8-10-30-19(17)20(27-21)24-14-4-6-16(29)7-5-14/h2-3,8-12,14,16,29H,4-7H2,1H3,(H2,24,25,26,27). The van der Waals surface area contributed by atoms with Crippen molar-refractivity contribution < 1.29 is 5.11 Å². The Kier molecular flexibility index (Phi) is 5.06. The van der Waals surface area contributed by atoms with Gasteiger partial charge in [0.2, 0.25) is 5.95 Å². The fourth-order valence-electron chi connectivity index (χ4n) is 3.80. The summed E-state index contributed by atoms with van der Waals surface area (Å²) in [5.74, 6) is 1.37. The summed E-state index contributed by atoms with van der Waals surface area (Å²) in [6.07, 6.45) is 8.79. The van der Waals surface area contributed by atoms with Gasteiger partial charge in [-0.05, 0) is 56.2 Å². The third kappa shape index (κ3) is 3.86. The molecule has 0 aliphatic heterocycles. The quantitative estimate of drug-likeness (QED) is 0.447. The van der Waals surface area contributed by atoms with Crippen LogP contribution in [0.1, 0.15) is 31.4 Å². The first-order chi connectivity index (χ1) is 14.7. The minimum absolute atomic E-state index is 0.174. The van der Waals surface area contributed by atoms with Gasteiger partial charge in [0.1, 0.15) is 5.82 Å². The molecule has 0 saturated heterocycles. The summed E-state index contributed by atoms with van der Waals surface area (Å²) in [5.41, 5.74) is 3.56. The lowest BCUT2D eigenvalue weighted by atomic mass is 9.93. The van der Waals surface area contributed by atoms with Crippen LogP contribution in [-0.2, 0) is 0 Å². The van der Waals surface area contributed by atoms with E-state index in [1.807, 2.05) is 36.7 Å². The molecule has 0 amide bonds. The molecular weight excluding hydrogens is 398 g/mol. The monoisotopic (exact) mass is 421 g/mol.